The van der Waals surface area contributed by atoms with Crippen LogP contribution in [0.5, 0.6) is 0 Å². The molecule has 0 aliphatic heterocycles. The van der Waals surface area contributed by atoms with E-state index in [1.807, 2.05) is 72.8 Å². The topological polar surface area (TPSA) is 149 Å². The third-order valence-corrected chi connectivity index (χ3v) is 6.13. The molecule has 3 aromatic heterocycles. The summed E-state index contributed by atoms with van der Waals surface area (Å²) in [6.07, 6.45) is 3.27. The fraction of sp³-hybridized carbons (Fsp3) is 0.133. The second kappa shape index (κ2) is 10.8. The summed E-state index contributed by atoms with van der Waals surface area (Å²) in [5.41, 5.74) is 11.1. The van der Waals surface area contributed by atoms with Crippen molar-refractivity contribution in [1.82, 2.24) is 19.9 Å². The van der Waals surface area contributed by atoms with Crippen molar-refractivity contribution >= 4 is 28.6 Å². The number of aliphatic hydroxyl groups is 1. The number of aliphatic imine (C=N–C) groups is 1. The normalized spacial score (nSPS) is 12.3. The van der Waals surface area contributed by atoms with Crippen LogP contribution in [0.15, 0.2) is 95.2 Å². The number of fused-ring (bicyclic) bond motifs is 1. The summed E-state index contributed by atoms with van der Waals surface area (Å²) in [7, 11) is 0. The molecule has 9 heteroatoms. The molecule has 0 aliphatic rings. The van der Waals surface area contributed by atoms with Gasteiger partial charge in [0.1, 0.15) is 17.0 Å². The second-order valence-electron chi connectivity index (χ2n) is 9.49. The van der Waals surface area contributed by atoms with Gasteiger partial charge in [0.05, 0.1) is 41.1 Å². The summed E-state index contributed by atoms with van der Waals surface area (Å²) >= 11 is 0. The summed E-state index contributed by atoms with van der Waals surface area (Å²) in [6, 6.07) is 25.0. The lowest BCUT2D eigenvalue weighted by atomic mass is 10.0. The lowest BCUT2D eigenvalue weighted by Gasteiger charge is -2.16. The Hall–Kier alpha value is -5.02. The number of anilines is 1. The molecule has 39 heavy (non-hydrogen) atoms. The number of hydrazone groups is 1. The molecular weight excluding hydrogens is 488 g/mol. The molecular formula is C30H28N8O. The van der Waals surface area contributed by atoms with Crippen LogP contribution in [0.25, 0.3) is 33.4 Å². The average Bonchev–Trinajstić information content (AvgIpc) is 2.95. The molecule has 0 aliphatic carbocycles. The predicted molar refractivity (Wildman–Crippen MR) is 155 cm³/mol. The van der Waals surface area contributed by atoms with E-state index in [4.69, 9.17) is 21.5 Å². The van der Waals surface area contributed by atoms with Crippen LogP contribution in [0, 0.1) is 0 Å². The molecule has 0 saturated heterocycles. The molecule has 0 bridgehead atoms. The Morgan fingerprint density at radius 3 is 2.46 bits per heavy atom. The highest BCUT2D eigenvalue weighted by molar-refractivity contribution is 6.38. The first-order valence-corrected chi connectivity index (χ1v) is 12.4. The first-order chi connectivity index (χ1) is 18.8. The number of rotatable bonds is 7. The van der Waals surface area contributed by atoms with E-state index in [1.165, 1.54) is 6.21 Å². The summed E-state index contributed by atoms with van der Waals surface area (Å²) in [4.78, 5) is 23.0. The summed E-state index contributed by atoms with van der Waals surface area (Å²) < 4.78 is 0. The van der Waals surface area contributed by atoms with Crippen LogP contribution < -0.4 is 11.6 Å². The molecule has 0 fully saturated rings. The Bertz CT molecular complexity index is 1690. The van der Waals surface area contributed by atoms with Crippen LogP contribution in [0.3, 0.4) is 0 Å². The molecule has 0 radical (unpaired) electrons. The summed E-state index contributed by atoms with van der Waals surface area (Å²) in [5.74, 6) is 5.94. The largest absolute Gasteiger partial charge is 0.384 e. The molecule has 0 atom stereocenters. The third-order valence-electron chi connectivity index (χ3n) is 6.13. The van der Waals surface area contributed by atoms with Crippen LogP contribution >= 0.6 is 0 Å². The van der Waals surface area contributed by atoms with E-state index in [0.29, 0.717) is 28.5 Å². The van der Waals surface area contributed by atoms with Gasteiger partial charge in [-0.05, 0) is 44.2 Å². The molecule has 194 valence electrons. The number of nitrogen functional groups attached to an aromatic ring is 1. The lowest BCUT2D eigenvalue weighted by Crippen LogP contribution is -2.18. The van der Waals surface area contributed by atoms with E-state index >= 15 is 0 Å². The molecule has 5 N–H and O–H groups in total. The maximum Gasteiger partial charge on any atom is 0.152 e. The Morgan fingerprint density at radius 2 is 1.69 bits per heavy atom. The van der Waals surface area contributed by atoms with Gasteiger partial charge in [-0.1, -0.05) is 48.5 Å². The fourth-order valence-corrected chi connectivity index (χ4v) is 4.15. The van der Waals surface area contributed by atoms with Crippen LogP contribution in [0.2, 0.25) is 0 Å². The number of hydrogen-bond donors (Lipinski definition) is 3. The molecule has 2 aromatic carbocycles. The number of pyridine rings is 2. The minimum atomic E-state index is -1.05. The van der Waals surface area contributed by atoms with Gasteiger partial charge in [-0.15, -0.1) is 0 Å². The molecule has 5 rings (SSSR count). The van der Waals surface area contributed by atoms with Crippen molar-refractivity contribution in [1.29, 1.82) is 0 Å². The molecule has 0 amide bonds. The molecule has 0 unspecified atom stereocenters. The summed E-state index contributed by atoms with van der Waals surface area (Å²) in [6.45, 7) is 3.63. The third kappa shape index (κ3) is 5.63. The fourth-order valence-electron chi connectivity index (χ4n) is 4.15. The van der Waals surface area contributed by atoms with Crippen LogP contribution in [0.4, 0.5) is 5.82 Å². The molecule has 0 saturated carbocycles. The molecule has 3 heterocycles. The number of nitrogens with zero attached hydrogens (tertiary/aromatic N) is 6. The highest BCUT2D eigenvalue weighted by atomic mass is 16.3. The number of hydrogen-bond acceptors (Lipinski definition) is 9. The smallest absolute Gasteiger partial charge is 0.152 e. The number of benzene rings is 2. The zero-order chi connectivity index (χ0) is 27.4. The van der Waals surface area contributed by atoms with Gasteiger partial charge in [0.25, 0.3) is 0 Å². The van der Waals surface area contributed by atoms with E-state index in [0.717, 1.165) is 22.0 Å². The van der Waals surface area contributed by atoms with Crippen molar-refractivity contribution in [3.63, 3.8) is 0 Å². The molecule has 0 spiro atoms. The van der Waals surface area contributed by atoms with E-state index in [2.05, 4.69) is 20.1 Å². The zero-order valence-electron chi connectivity index (χ0n) is 21.7. The van der Waals surface area contributed by atoms with Gasteiger partial charge in [-0.2, -0.15) is 5.10 Å². The Kier molecular flexibility index (Phi) is 7.07. The van der Waals surface area contributed by atoms with E-state index in [9.17, 15) is 5.11 Å². The average molecular weight is 517 g/mol. The lowest BCUT2D eigenvalue weighted by molar-refractivity contribution is 0.0736. The van der Waals surface area contributed by atoms with Crippen molar-refractivity contribution in [3.05, 3.63) is 102 Å². The van der Waals surface area contributed by atoms with Gasteiger partial charge < -0.3 is 16.7 Å². The van der Waals surface area contributed by atoms with Gasteiger partial charge >= 0.3 is 0 Å². The molecule has 5 aromatic rings. The standard InChI is InChI=1S/C30H28N8O/c1-30(2,39)25-12-6-11-22(35-25)17-33-18-24(38-32)28-29(31)37-26(19-8-4-3-5-9-19)27(36-28)21-13-14-23-20(16-21)10-7-15-34-23/h3-16,18,39H,17,32H2,1-2H3,(H2,31,37)/b33-18?,38-24+. The van der Waals surface area contributed by atoms with Crippen molar-refractivity contribution in [2.75, 3.05) is 5.73 Å². The predicted octanol–water partition coefficient (Wildman–Crippen LogP) is 4.50. The van der Waals surface area contributed by atoms with Crippen molar-refractivity contribution in [2.45, 2.75) is 26.0 Å². The first kappa shape index (κ1) is 25.6. The van der Waals surface area contributed by atoms with Gasteiger partial charge in [-0.3, -0.25) is 15.0 Å². The number of nitrogens with two attached hydrogens (primary N) is 2. The Morgan fingerprint density at radius 1 is 0.897 bits per heavy atom. The minimum Gasteiger partial charge on any atom is -0.384 e. The van der Waals surface area contributed by atoms with E-state index in [-0.39, 0.29) is 18.1 Å². The maximum absolute atomic E-state index is 10.3. The van der Waals surface area contributed by atoms with Crippen molar-refractivity contribution in [2.24, 2.45) is 15.9 Å². The van der Waals surface area contributed by atoms with Gasteiger partial charge in [0.2, 0.25) is 0 Å². The van der Waals surface area contributed by atoms with Crippen LogP contribution in [-0.2, 0) is 12.1 Å². The second-order valence-corrected chi connectivity index (χ2v) is 9.49. The van der Waals surface area contributed by atoms with Crippen molar-refractivity contribution < 1.29 is 5.11 Å². The van der Waals surface area contributed by atoms with E-state index < -0.39 is 5.60 Å². The molecule has 9 nitrogen and oxygen atoms in total. The number of aromatic nitrogens is 4. The first-order valence-electron chi connectivity index (χ1n) is 12.4. The quantitative estimate of drug-likeness (QED) is 0.164. The van der Waals surface area contributed by atoms with Gasteiger partial charge in [-0.25, -0.2) is 9.97 Å². The highest BCUT2D eigenvalue weighted by Crippen LogP contribution is 2.32. The Labute approximate surface area is 226 Å². The van der Waals surface area contributed by atoms with Crippen LogP contribution in [0.1, 0.15) is 30.9 Å². The maximum atomic E-state index is 10.3. The highest BCUT2D eigenvalue weighted by Gasteiger charge is 2.19. The van der Waals surface area contributed by atoms with Crippen molar-refractivity contribution in [3.8, 4) is 22.5 Å². The van der Waals surface area contributed by atoms with E-state index in [1.54, 1.807) is 26.1 Å². The van der Waals surface area contributed by atoms with Crippen LogP contribution in [-0.4, -0.2) is 37.0 Å². The minimum absolute atomic E-state index is 0.179. The summed E-state index contributed by atoms with van der Waals surface area (Å²) in [5, 5.41) is 15.1. The van der Waals surface area contributed by atoms with Gasteiger partial charge in [0, 0.05) is 22.7 Å². The SMILES string of the molecule is CC(C)(O)c1cccc(CN=C/C(=N\N)c2nc(-c3ccc4ncccc4c3)c(-c3ccccc3)nc2N)n1. The van der Waals surface area contributed by atoms with Gasteiger partial charge in [0.15, 0.2) is 5.82 Å². The monoisotopic (exact) mass is 516 g/mol. The Balaban J connectivity index is 1.54. The zero-order valence-corrected chi connectivity index (χ0v) is 21.7.